The first-order chi connectivity index (χ1) is 15.0. The van der Waals surface area contributed by atoms with E-state index in [0.717, 1.165) is 16.6 Å². The number of hydrogen-bond acceptors (Lipinski definition) is 5. The summed E-state index contributed by atoms with van der Waals surface area (Å²) in [7, 11) is 0. The summed E-state index contributed by atoms with van der Waals surface area (Å²) in [6.07, 6.45) is 1.62. The fourth-order valence-electron chi connectivity index (χ4n) is 3.28. The number of oxazole rings is 1. The molecule has 0 saturated carbocycles. The Morgan fingerprint density at radius 1 is 0.968 bits per heavy atom. The molecule has 0 radical (unpaired) electrons. The van der Waals surface area contributed by atoms with E-state index in [1.807, 2.05) is 61.5 Å². The van der Waals surface area contributed by atoms with Crippen molar-refractivity contribution in [3.05, 3.63) is 89.1 Å². The van der Waals surface area contributed by atoms with Crippen molar-refractivity contribution in [1.29, 1.82) is 0 Å². The van der Waals surface area contributed by atoms with Gasteiger partial charge in [0.05, 0.1) is 17.5 Å². The molecule has 0 spiro atoms. The van der Waals surface area contributed by atoms with E-state index in [9.17, 15) is 5.11 Å². The van der Waals surface area contributed by atoms with E-state index in [2.05, 4.69) is 9.98 Å². The van der Waals surface area contributed by atoms with E-state index in [1.54, 1.807) is 24.4 Å². The first kappa shape index (κ1) is 19.2. The molecule has 2 heterocycles. The quantitative estimate of drug-likeness (QED) is 0.308. The zero-order chi connectivity index (χ0) is 21.4. The largest absolute Gasteiger partial charge is 0.507 e. The van der Waals surface area contributed by atoms with E-state index in [1.165, 1.54) is 0 Å². The molecule has 5 aromatic rings. The number of furan rings is 1. The lowest BCUT2D eigenvalue weighted by molar-refractivity contribution is 0.474. The SMILES string of the molecule is Cc1ccc2nc(-c3cc(N=Cc4ccc(-c5cccc(Cl)c5)o4)ccc3O)oc2c1. The number of phenols is 1. The zero-order valence-corrected chi connectivity index (χ0v) is 17.3. The third kappa shape index (κ3) is 3.96. The summed E-state index contributed by atoms with van der Waals surface area (Å²) in [5, 5.41) is 11.0. The van der Waals surface area contributed by atoms with Crippen LogP contribution in [-0.4, -0.2) is 16.3 Å². The van der Waals surface area contributed by atoms with Crippen LogP contribution >= 0.6 is 11.6 Å². The number of aliphatic imine (C=N–C) groups is 1. The van der Waals surface area contributed by atoms with Gasteiger partial charge in [-0.15, -0.1) is 0 Å². The minimum atomic E-state index is 0.0727. The van der Waals surface area contributed by atoms with Gasteiger partial charge in [0.1, 0.15) is 22.8 Å². The molecule has 5 nitrogen and oxygen atoms in total. The van der Waals surface area contributed by atoms with Crippen molar-refractivity contribution in [3.63, 3.8) is 0 Å². The average Bonchev–Trinajstić information content (AvgIpc) is 3.40. The number of aryl methyl sites for hydroxylation is 1. The Hall–Kier alpha value is -3.83. The van der Waals surface area contributed by atoms with Gasteiger partial charge < -0.3 is 13.9 Å². The summed E-state index contributed by atoms with van der Waals surface area (Å²) in [5.74, 6) is 1.72. The third-order valence-corrected chi connectivity index (χ3v) is 5.07. The predicted octanol–water partition coefficient (Wildman–Crippen LogP) is 7.17. The molecule has 0 bridgehead atoms. The maximum absolute atomic E-state index is 10.3. The topological polar surface area (TPSA) is 71.8 Å². The van der Waals surface area contributed by atoms with E-state index in [4.69, 9.17) is 20.4 Å². The van der Waals surface area contributed by atoms with Crippen molar-refractivity contribution in [2.75, 3.05) is 0 Å². The highest BCUT2D eigenvalue weighted by Gasteiger charge is 2.13. The molecule has 6 heteroatoms. The minimum absolute atomic E-state index is 0.0727. The van der Waals surface area contributed by atoms with E-state index in [-0.39, 0.29) is 5.75 Å². The van der Waals surface area contributed by atoms with Crippen LogP contribution < -0.4 is 0 Å². The zero-order valence-electron chi connectivity index (χ0n) is 16.5. The van der Waals surface area contributed by atoms with Crippen molar-refractivity contribution in [2.24, 2.45) is 4.99 Å². The van der Waals surface area contributed by atoms with Crippen molar-refractivity contribution in [2.45, 2.75) is 6.92 Å². The first-order valence-electron chi connectivity index (χ1n) is 9.65. The molecule has 1 N–H and O–H groups in total. The minimum Gasteiger partial charge on any atom is -0.507 e. The number of aromatic hydroxyl groups is 1. The van der Waals surface area contributed by atoms with Crippen molar-refractivity contribution in [3.8, 4) is 28.5 Å². The molecule has 0 unspecified atom stereocenters. The van der Waals surface area contributed by atoms with Crippen molar-refractivity contribution < 1.29 is 13.9 Å². The summed E-state index contributed by atoms with van der Waals surface area (Å²) in [6, 6.07) is 22.0. The van der Waals surface area contributed by atoms with Crippen LogP contribution in [0.25, 0.3) is 33.9 Å². The molecule has 0 atom stereocenters. The lowest BCUT2D eigenvalue weighted by Crippen LogP contribution is -1.80. The average molecular weight is 429 g/mol. The fourth-order valence-corrected chi connectivity index (χ4v) is 3.47. The Balaban J connectivity index is 1.43. The maximum atomic E-state index is 10.3. The van der Waals surface area contributed by atoms with Crippen molar-refractivity contribution >= 4 is 34.6 Å². The van der Waals surface area contributed by atoms with Gasteiger partial charge in [0.25, 0.3) is 0 Å². The van der Waals surface area contributed by atoms with Crippen LogP contribution in [-0.2, 0) is 0 Å². The van der Waals surface area contributed by atoms with Crippen LogP contribution in [0.3, 0.4) is 0 Å². The van der Waals surface area contributed by atoms with Crippen LogP contribution in [0.15, 0.2) is 86.6 Å². The number of fused-ring (bicyclic) bond motifs is 1. The summed E-state index contributed by atoms with van der Waals surface area (Å²) < 4.78 is 11.7. The fraction of sp³-hybridized carbons (Fsp3) is 0.0400. The Bertz CT molecular complexity index is 1430. The van der Waals surface area contributed by atoms with Gasteiger partial charge >= 0.3 is 0 Å². The lowest BCUT2D eigenvalue weighted by atomic mass is 10.2. The molecule has 0 aliphatic carbocycles. The Morgan fingerprint density at radius 3 is 2.74 bits per heavy atom. The van der Waals surface area contributed by atoms with Crippen LogP contribution in [0, 0.1) is 6.92 Å². The normalized spacial score (nSPS) is 11.5. The summed E-state index contributed by atoms with van der Waals surface area (Å²) in [6.45, 7) is 1.99. The van der Waals surface area contributed by atoms with Gasteiger partial charge in [-0.05, 0) is 67.1 Å². The van der Waals surface area contributed by atoms with Crippen LogP contribution in [0.2, 0.25) is 5.02 Å². The molecule has 0 aliphatic rings. The van der Waals surface area contributed by atoms with E-state index < -0.39 is 0 Å². The van der Waals surface area contributed by atoms with E-state index in [0.29, 0.717) is 39.3 Å². The molecule has 0 fully saturated rings. The number of benzene rings is 3. The summed E-state index contributed by atoms with van der Waals surface area (Å²) in [4.78, 5) is 8.95. The molecule has 2 aromatic heterocycles. The second-order valence-corrected chi connectivity index (χ2v) is 7.60. The van der Waals surface area contributed by atoms with E-state index >= 15 is 0 Å². The number of rotatable bonds is 4. The Morgan fingerprint density at radius 2 is 1.87 bits per heavy atom. The highest BCUT2D eigenvalue weighted by atomic mass is 35.5. The molecule has 31 heavy (non-hydrogen) atoms. The smallest absolute Gasteiger partial charge is 0.231 e. The molecule has 152 valence electrons. The lowest BCUT2D eigenvalue weighted by Gasteiger charge is -2.01. The van der Waals surface area contributed by atoms with Crippen LogP contribution in [0.4, 0.5) is 5.69 Å². The second-order valence-electron chi connectivity index (χ2n) is 7.16. The van der Waals surface area contributed by atoms with Gasteiger partial charge in [-0.25, -0.2) is 4.98 Å². The highest BCUT2D eigenvalue weighted by molar-refractivity contribution is 6.30. The predicted molar refractivity (Wildman–Crippen MR) is 122 cm³/mol. The monoisotopic (exact) mass is 428 g/mol. The molecule has 0 amide bonds. The van der Waals surface area contributed by atoms with Gasteiger partial charge in [-0.2, -0.15) is 0 Å². The number of phenolic OH excluding ortho intramolecular Hbond substituents is 1. The number of aromatic nitrogens is 1. The number of hydrogen-bond donors (Lipinski definition) is 1. The van der Waals surface area contributed by atoms with Crippen molar-refractivity contribution in [1.82, 2.24) is 4.98 Å². The highest BCUT2D eigenvalue weighted by Crippen LogP contribution is 2.34. The molecule has 0 aliphatic heterocycles. The molecular formula is C25H17ClN2O3. The van der Waals surface area contributed by atoms with Gasteiger partial charge in [-0.3, -0.25) is 4.99 Å². The van der Waals surface area contributed by atoms with Gasteiger partial charge in [0.15, 0.2) is 5.58 Å². The molecule has 0 saturated heterocycles. The second kappa shape index (κ2) is 7.78. The maximum Gasteiger partial charge on any atom is 0.231 e. The van der Waals surface area contributed by atoms with Gasteiger partial charge in [0, 0.05) is 10.6 Å². The molecule has 3 aromatic carbocycles. The van der Waals surface area contributed by atoms with Gasteiger partial charge in [-0.1, -0.05) is 29.8 Å². The number of halogens is 1. The van der Waals surface area contributed by atoms with Gasteiger partial charge in [0.2, 0.25) is 5.89 Å². The third-order valence-electron chi connectivity index (χ3n) is 4.83. The van der Waals surface area contributed by atoms with Crippen LogP contribution in [0.5, 0.6) is 5.75 Å². The van der Waals surface area contributed by atoms with Crippen LogP contribution in [0.1, 0.15) is 11.3 Å². The Labute approximate surface area is 183 Å². The Kier molecular flexibility index (Phi) is 4.81. The molecular weight excluding hydrogens is 412 g/mol. The first-order valence-corrected chi connectivity index (χ1v) is 10.0. The summed E-state index contributed by atoms with van der Waals surface area (Å²) >= 11 is 6.05. The standard InChI is InChI=1S/C25H17ClN2O3/c1-15-5-8-21-24(11-15)31-25(28-21)20-13-18(6-9-22(20)29)27-14-19-7-10-23(30-19)16-3-2-4-17(26)12-16/h2-14,29H,1H3. The molecule has 5 rings (SSSR count). The number of nitrogens with zero attached hydrogens (tertiary/aromatic N) is 2. The summed E-state index contributed by atoms with van der Waals surface area (Å²) in [5.41, 5.74) is 4.48.